The van der Waals surface area contributed by atoms with Crippen molar-refractivity contribution in [3.63, 3.8) is 0 Å². The van der Waals surface area contributed by atoms with Crippen molar-refractivity contribution < 1.29 is 20.4 Å². The maximum Gasteiger partial charge on any atom is 0.166 e. The molecule has 0 fully saturated rings. The normalized spacial score (nSPS) is 10.9. The molecule has 0 spiro atoms. The summed E-state index contributed by atoms with van der Waals surface area (Å²) < 4.78 is 0. The molecule has 134 valence electrons. The second-order valence-electron chi connectivity index (χ2n) is 6.77. The predicted molar refractivity (Wildman–Crippen MR) is 103 cm³/mol. The van der Waals surface area contributed by atoms with Gasteiger partial charge in [-0.25, -0.2) is 0 Å². The molecule has 0 saturated heterocycles. The van der Waals surface area contributed by atoms with Gasteiger partial charge in [-0.3, -0.25) is 0 Å². The summed E-state index contributed by atoms with van der Waals surface area (Å²) >= 11 is 0. The van der Waals surface area contributed by atoms with Crippen LogP contribution in [0.4, 0.5) is 0 Å². The first-order chi connectivity index (χ1) is 12.2. The number of phenolic OH excluding ortho intramolecular Hbond substituents is 4. The number of aromatic hydroxyl groups is 4. The Kier molecular flexibility index (Phi) is 4.28. The zero-order valence-electron chi connectivity index (χ0n) is 15.3. The highest BCUT2D eigenvalue weighted by Gasteiger charge is 2.18. The minimum Gasteiger partial charge on any atom is -0.507 e. The van der Waals surface area contributed by atoms with Gasteiger partial charge in [-0.2, -0.15) is 0 Å². The van der Waals surface area contributed by atoms with E-state index in [1.165, 1.54) is 6.07 Å². The summed E-state index contributed by atoms with van der Waals surface area (Å²) in [6, 6.07) is 10.4. The summed E-state index contributed by atoms with van der Waals surface area (Å²) in [6.45, 7) is 7.22. The quantitative estimate of drug-likeness (QED) is 0.486. The van der Waals surface area contributed by atoms with Crippen molar-refractivity contribution in [3.05, 3.63) is 58.7 Å². The van der Waals surface area contributed by atoms with Crippen LogP contribution in [0.2, 0.25) is 0 Å². The van der Waals surface area contributed by atoms with Gasteiger partial charge in [0.1, 0.15) is 11.5 Å². The van der Waals surface area contributed by atoms with Gasteiger partial charge in [0.2, 0.25) is 0 Å². The van der Waals surface area contributed by atoms with Crippen molar-refractivity contribution >= 4 is 0 Å². The maximum atomic E-state index is 10.6. The van der Waals surface area contributed by atoms with Gasteiger partial charge in [-0.15, -0.1) is 0 Å². The first-order valence-corrected chi connectivity index (χ1v) is 8.36. The molecule has 4 N–H and O–H groups in total. The third kappa shape index (κ3) is 2.84. The number of phenols is 4. The zero-order valence-corrected chi connectivity index (χ0v) is 15.3. The maximum absolute atomic E-state index is 10.6. The molecule has 0 radical (unpaired) electrons. The Labute approximate surface area is 152 Å². The van der Waals surface area contributed by atoms with E-state index in [1.54, 1.807) is 32.0 Å². The fraction of sp³-hybridized carbons (Fsp3) is 0.182. The van der Waals surface area contributed by atoms with Gasteiger partial charge < -0.3 is 20.4 Å². The molecular formula is C22H22O4. The Morgan fingerprint density at radius 3 is 1.42 bits per heavy atom. The van der Waals surface area contributed by atoms with Crippen LogP contribution < -0.4 is 0 Å². The second-order valence-corrected chi connectivity index (χ2v) is 6.77. The summed E-state index contributed by atoms with van der Waals surface area (Å²) in [4.78, 5) is 0. The molecule has 3 aromatic carbocycles. The van der Waals surface area contributed by atoms with Crippen LogP contribution in [0.1, 0.15) is 22.3 Å². The smallest absolute Gasteiger partial charge is 0.166 e. The van der Waals surface area contributed by atoms with E-state index in [4.69, 9.17) is 0 Å². The van der Waals surface area contributed by atoms with Crippen LogP contribution in [-0.2, 0) is 0 Å². The van der Waals surface area contributed by atoms with Crippen molar-refractivity contribution in [1.29, 1.82) is 0 Å². The third-order valence-corrected chi connectivity index (χ3v) is 4.74. The highest BCUT2D eigenvalue weighted by molar-refractivity contribution is 5.90. The molecule has 0 saturated carbocycles. The minimum atomic E-state index is -0.213. The molecule has 3 aromatic rings. The third-order valence-electron chi connectivity index (χ3n) is 4.74. The van der Waals surface area contributed by atoms with Crippen LogP contribution in [0.3, 0.4) is 0 Å². The Morgan fingerprint density at radius 2 is 0.962 bits per heavy atom. The van der Waals surface area contributed by atoms with Gasteiger partial charge >= 0.3 is 0 Å². The fourth-order valence-corrected chi connectivity index (χ4v) is 3.32. The first-order valence-electron chi connectivity index (χ1n) is 8.36. The molecule has 0 aliphatic rings. The molecule has 4 nitrogen and oxygen atoms in total. The Balaban J connectivity index is 2.35. The monoisotopic (exact) mass is 350 g/mol. The molecule has 4 heteroatoms. The molecule has 3 rings (SSSR count). The van der Waals surface area contributed by atoms with E-state index in [1.807, 2.05) is 26.0 Å². The lowest BCUT2D eigenvalue weighted by Crippen LogP contribution is -1.91. The van der Waals surface area contributed by atoms with Gasteiger partial charge in [-0.1, -0.05) is 0 Å². The molecule has 0 unspecified atom stereocenters. The minimum absolute atomic E-state index is 0.209. The van der Waals surface area contributed by atoms with Crippen molar-refractivity contribution in [3.8, 4) is 45.3 Å². The van der Waals surface area contributed by atoms with Crippen LogP contribution in [0.15, 0.2) is 36.4 Å². The number of hydrogen-bond donors (Lipinski definition) is 4. The van der Waals surface area contributed by atoms with Crippen LogP contribution in [0.25, 0.3) is 22.3 Å². The number of benzene rings is 3. The molecule has 0 amide bonds. The summed E-state index contributed by atoms with van der Waals surface area (Å²) in [7, 11) is 0. The van der Waals surface area contributed by atoms with Crippen LogP contribution in [0.5, 0.6) is 23.0 Å². The van der Waals surface area contributed by atoms with Crippen molar-refractivity contribution in [1.82, 2.24) is 0 Å². The first kappa shape index (κ1) is 17.7. The number of hydrogen-bond acceptors (Lipinski definition) is 4. The van der Waals surface area contributed by atoms with E-state index < -0.39 is 0 Å². The fourth-order valence-electron chi connectivity index (χ4n) is 3.32. The Morgan fingerprint density at radius 1 is 0.538 bits per heavy atom. The molecular weight excluding hydrogens is 328 g/mol. The van der Waals surface area contributed by atoms with Crippen LogP contribution in [-0.4, -0.2) is 20.4 Å². The summed E-state index contributed by atoms with van der Waals surface area (Å²) in [5, 5.41) is 40.7. The van der Waals surface area contributed by atoms with Gasteiger partial charge in [-0.05, 0) is 103 Å². The van der Waals surface area contributed by atoms with Crippen molar-refractivity contribution in [2.45, 2.75) is 27.7 Å². The highest BCUT2D eigenvalue weighted by atomic mass is 16.3. The van der Waals surface area contributed by atoms with Gasteiger partial charge in [0.15, 0.2) is 11.5 Å². The lowest BCUT2D eigenvalue weighted by molar-refractivity contribution is 0.405. The molecule has 0 heterocycles. The van der Waals surface area contributed by atoms with Crippen LogP contribution >= 0.6 is 0 Å². The van der Waals surface area contributed by atoms with E-state index in [0.29, 0.717) is 22.3 Å². The van der Waals surface area contributed by atoms with Crippen LogP contribution in [0, 0.1) is 27.7 Å². The molecule has 0 bridgehead atoms. The average Bonchev–Trinajstić information content (AvgIpc) is 2.59. The molecule has 0 aromatic heterocycles. The van der Waals surface area contributed by atoms with E-state index in [0.717, 1.165) is 22.3 Å². The van der Waals surface area contributed by atoms with Gasteiger partial charge in [0.05, 0.1) is 0 Å². The van der Waals surface area contributed by atoms with E-state index in [-0.39, 0.29) is 23.0 Å². The molecule has 0 atom stereocenters. The highest BCUT2D eigenvalue weighted by Crippen LogP contribution is 2.45. The lowest BCUT2D eigenvalue weighted by Gasteiger charge is -2.17. The predicted octanol–water partition coefficient (Wildman–Crippen LogP) is 5.08. The van der Waals surface area contributed by atoms with Crippen molar-refractivity contribution in [2.24, 2.45) is 0 Å². The molecule has 0 aliphatic heterocycles. The van der Waals surface area contributed by atoms with Gasteiger partial charge in [0, 0.05) is 5.56 Å². The Hall–Kier alpha value is -3.14. The standard InChI is InChI=1S/C22H22O4/c1-11-7-15(8-12(2)20(11)24)17-5-6-18(23)22(26)19(17)16-9-13(3)21(25)14(4)10-16/h5-10,23-26H,1-4H3. The number of aryl methyl sites for hydroxylation is 4. The summed E-state index contributed by atoms with van der Waals surface area (Å²) in [6.07, 6.45) is 0. The van der Waals surface area contributed by atoms with E-state index >= 15 is 0 Å². The summed E-state index contributed by atoms with van der Waals surface area (Å²) in [5.41, 5.74) is 5.58. The zero-order chi connectivity index (χ0) is 19.2. The van der Waals surface area contributed by atoms with E-state index in [9.17, 15) is 20.4 Å². The number of rotatable bonds is 2. The largest absolute Gasteiger partial charge is 0.507 e. The average molecular weight is 350 g/mol. The second kappa shape index (κ2) is 6.30. The SMILES string of the molecule is Cc1cc(-c2ccc(O)c(O)c2-c2cc(C)c(O)c(C)c2)cc(C)c1O. The Bertz CT molecular complexity index is 973. The lowest BCUT2D eigenvalue weighted by atomic mass is 9.90. The van der Waals surface area contributed by atoms with Crippen molar-refractivity contribution in [2.75, 3.05) is 0 Å². The van der Waals surface area contributed by atoms with Gasteiger partial charge in [0.25, 0.3) is 0 Å². The topological polar surface area (TPSA) is 80.9 Å². The summed E-state index contributed by atoms with van der Waals surface area (Å²) in [5.74, 6) is 0.0376. The molecule has 26 heavy (non-hydrogen) atoms. The van der Waals surface area contributed by atoms with E-state index in [2.05, 4.69) is 0 Å². The molecule has 0 aliphatic carbocycles.